The van der Waals surface area contributed by atoms with Crippen molar-refractivity contribution in [3.63, 3.8) is 0 Å². The summed E-state index contributed by atoms with van der Waals surface area (Å²) < 4.78 is 0. The van der Waals surface area contributed by atoms with Crippen LogP contribution in [-0.2, 0) is 22.4 Å². The summed E-state index contributed by atoms with van der Waals surface area (Å²) in [5, 5.41) is 44.4. The quantitative estimate of drug-likeness (QED) is 0.0657. The van der Waals surface area contributed by atoms with E-state index in [0.29, 0.717) is 34.1 Å². The van der Waals surface area contributed by atoms with Gasteiger partial charge < -0.3 is 30.4 Å². The van der Waals surface area contributed by atoms with Crippen LogP contribution in [0.25, 0.3) is 89.7 Å². The van der Waals surface area contributed by atoms with Gasteiger partial charge in [-0.25, -0.2) is 29.9 Å². The number of nitrogens with zero attached hydrogens (tertiary/aromatic N) is 6. The number of nitrogens with one attached hydrogen (secondary N) is 2. The molecule has 45 heavy (non-hydrogen) atoms. The molecule has 0 fully saturated rings. The standard InChI is InChI=1S/C32H18N8O4.Ag/c41-21-19-20(22(42)24(44)23(21)43)32-39-30-18-12-6-4-10-16(18)28(37-30)35-26-14-8-2-1-7-13(14)25(33-26)34-27-15-9-3-5-11-17(15)29(36-27)38-31(19)40-32;/h1-12,41-44H,(H2,33,34,35,36,37,38,39,40);. The predicted molar refractivity (Wildman–Crippen MR) is 163 cm³/mol. The summed E-state index contributed by atoms with van der Waals surface area (Å²) in [5.41, 5.74) is 4.00. The average molecular weight is 686 g/mol. The molecule has 3 aromatic heterocycles. The smallest absolute Gasteiger partial charge is 0.205 e. The summed E-state index contributed by atoms with van der Waals surface area (Å²) in [7, 11) is 0. The van der Waals surface area contributed by atoms with Gasteiger partial charge in [0.1, 0.15) is 22.6 Å². The molecule has 1 radical (unpaired) electrons. The molecule has 0 unspecified atom stereocenters. The van der Waals surface area contributed by atoms with Crippen LogP contribution in [0.5, 0.6) is 23.0 Å². The Labute approximate surface area is 267 Å². The molecule has 221 valence electrons. The molecule has 2 aliphatic rings. The van der Waals surface area contributed by atoms with Gasteiger partial charge in [0.15, 0.2) is 34.8 Å². The molecule has 12 nitrogen and oxygen atoms in total. The number of phenolic OH excluding ortho intramolecular Hbond substituents is 4. The number of hydrogen-bond donors (Lipinski definition) is 6. The molecule has 0 amide bonds. The van der Waals surface area contributed by atoms with Gasteiger partial charge in [-0.3, -0.25) is 0 Å². The van der Waals surface area contributed by atoms with Crippen LogP contribution in [0.1, 0.15) is 0 Å². The Hall–Kier alpha value is -5.82. The van der Waals surface area contributed by atoms with Crippen molar-refractivity contribution in [1.82, 2.24) is 39.9 Å². The molecular weight excluding hydrogens is 668 g/mol. The van der Waals surface area contributed by atoms with Crippen LogP contribution in [0, 0.1) is 0 Å². The Morgan fingerprint density at radius 1 is 0.378 bits per heavy atom. The third kappa shape index (κ3) is 3.77. The molecule has 5 heterocycles. The molecule has 2 aliphatic heterocycles. The summed E-state index contributed by atoms with van der Waals surface area (Å²) in [4.78, 5) is 35.1. The van der Waals surface area contributed by atoms with E-state index in [1.165, 1.54) is 0 Å². The predicted octanol–water partition coefficient (Wildman–Crippen LogP) is 5.69. The van der Waals surface area contributed by atoms with E-state index in [1.807, 2.05) is 72.8 Å². The van der Waals surface area contributed by atoms with Gasteiger partial charge in [-0.2, -0.15) is 0 Å². The van der Waals surface area contributed by atoms with Crippen LogP contribution in [0.15, 0.2) is 72.8 Å². The van der Waals surface area contributed by atoms with Crippen molar-refractivity contribution in [2.24, 2.45) is 0 Å². The van der Waals surface area contributed by atoms with Crippen LogP contribution >= 0.6 is 0 Å². The van der Waals surface area contributed by atoms with E-state index >= 15 is 0 Å². The Morgan fingerprint density at radius 2 is 0.689 bits per heavy atom. The number of aromatic amines is 2. The maximum atomic E-state index is 11.0. The fourth-order valence-corrected chi connectivity index (χ4v) is 5.84. The second-order valence-corrected chi connectivity index (χ2v) is 10.4. The Morgan fingerprint density at radius 3 is 1.07 bits per heavy atom. The number of aromatic hydroxyl groups is 4. The summed E-state index contributed by atoms with van der Waals surface area (Å²) in [5.74, 6) is -1.83. The van der Waals surface area contributed by atoms with Gasteiger partial charge in [-0.1, -0.05) is 72.8 Å². The van der Waals surface area contributed by atoms with Crippen LogP contribution in [0.3, 0.4) is 0 Å². The number of phenols is 4. The van der Waals surface area contributed by atoms with Crippen molar-refractivity contribution >= 4 is 44.1 Å². The third-order valence-corrected chi connectivity index (χ3v) is 7.89. The van der Waals surface area contributed by atoms with Crippen molar-refractivity contribution < 1.29 is 42.8 Å². The number of hydrogen-bond acceptors (Lipinski definition) is 10. The molecule has 0 spiro atoms. The zero-order valence-electron chi connectivity index (χ0n) is 22.7. The summed E-state index contributed by atoms with van der Waals surface area (Å²) in [6.07, 6.45) is 0. The van der Waals surface area contributed by atoms with Gasteiger partial charge >= 0.3 is 0 Å². The number of rotatable bonds is 0. The summed E-state index contributed by atoms with van der Waals surface area (Å²) in [6, 6.07) is 22.7. The van der Waals surface area contributed by atoms with E-state index in [2.05, 4.69) is 9.97 Å². The average Bonchev–Trinajstić information content (AvgIpc) is 3.78. The molecule has 4 aromatic carbocycles. The normalized spacial score (nSPS) is 11.7. The monoisotopic (exact) mass is 685 g/mol. The minimum Gasteiger partial charge on any atom is -0.504 e. The zero-order valence-corrected chi connectivity index (χ0v) is 24.2. The Kier molecular flexibility index (Phi) is 5.71. The number of benzene rings is 4. The molecule has 0 saturated carbocycles. The van der Waals surface area contributed by atoms with Crippen LogP contribution in [0.4, 0.5) is 0 Å². The van der Waals surface area contributed by atoms with E-state index in [-0.39, 0.29) is 56.1 Å². The minimum atomic E-state index is -0.897. The van der Waals surface area contributed by atoms with E-state index in [9.17, 15) is 20.4 Å². The third-order valence-electron chi connectivity index (χ3n) is 7.89. The number of aromatic nitrogens is 8. The first-order valence-corrected chi connectivity index (χ1v) is 13.6. The van der Waals surface area contributed by atoms with Gasteiger partial charge in [-0.15, -0.1) is 0 Å². The Bertz CT molecular complexity index is 2410. The van der Waals surface area contributed by atoms with Gasteiger partial charge in [0.05, 0.1) is 10.8 Å². The molecule has 0 atom stereocenters. The van der Waals surface area contributed by atoms with Gasteiger partial charge in [0, 0.05) is 55.4 Å². The van der Waals surface area contributed by atoms with Crippen molar-refractivity contribution in [3.05, 3.63) is 72.8 Å². The first kappa shape index (κ1) is 26.8. The number of H-pyrrole nitrogens is 2. The first-order valence-electron chi connectivity index (χ1n) is 13.6. The SMILES string of the molecule is Oc1c(O)c(O)c2c3nc4nc(nc5[nH]c(nc6nc(nc([nH]3)c2c1O)-c1ccccc1-6)c1ccccc51)-c1ccccc1-4.[Ag]. The van der Waals surface area contributed by atoms with E-state index in [4.69, 9.17) is 29.9 Å². The van der Waals surface area contributed by atoms with Crippen molar-refractivity contribution in [2.75, 3.05) is 0 Å². The van der Waals surface area contributed by atoms with E-state index in [1.54, 1.807) is 0 Å². The second kappa shape index (κ2) is 9.59. The van der Waals surface area contributed by atoms with Gasteiger partial charge in [0.25, 0.3) is 0 Å². The fourth-order valence-electron chi connectivity index (χ4n) is 5.84. The van der Waals surface area contributed by atoms with Crippen molar-refractivity contribution in [1.29, 1.82) is 0 Å². The number of fused-ring (bicyclic) bond motifs is 20. The van der Waals surface area contributed by atoms with E-state index < -0.39 is 23.0 Å². The molecule has 6 N–H and O–H groups in total. The maximum absolute atomic E-state index is 11.0. The van der Waals surface area contributed by atoms with Crippen LogP contribution < -0.4 is 0 Å². The summed E-state index contributed by atoms with van der Waals surface area (Å²) in [6.45, 7) is 0. The molecule has 0 saturated heterocycles. The fraction of sp³-hybridized carbons (Fsp3) is 0. The van der Waals surface area contributed by atoms with E-state index in [0.717, 1.165) is 21.9 Å². The topological polar surface area (TPSA) is 190 Å². The van der Waals surface area contributed by atoms with Gasteiger partial charge in [0.2, 0.25) is 11.5 Å². The summed E-state index contributed by atoms with van der Waals surface area (Å²) >= 11 is 0. The first-order chi connectivity index (χ1) is 21.5. The molecule has 8 bridgehead atoms. The van der Waals surface area contributed by atoms with Crippen LogP contribution in [-0.4, -0.2) is 60.3 Å². The van der Waals surface area contributed by atoms with Gasteiger partial charge in [-0.05, 0) is 0 Å². The molecule has 13 heteroatoms. The molecule has 7 aromatic rings. The zero-order chi connectivity index (χ0) is 29.7. The van der Waals surface area contributed by atoms with Crippen molar-refractivity contribution in [3.8, 4) is 68.5 Å². The molecular formula is C32H18AgN8O4. The van der Waals surface area contributed by atoms with Crippen LogP contribution in [0.2, 0.25) is 0 Å². The largest absolute Gasteiger partial charge is 0.504 e. The maximum Gasteiger partial charge on any atom is 0.205 e. The molecule has 0 aliphatic carbocycles. The van der Waals surface area contributed by atoms with Crippen molar-refractivity contribution in [2.45, 2.75) is 0 Å². The molecule has 9 rings (SSSR count). The minimum absolute atomic E-state index is 0. The Balaban J connectivity index is 0.00000300. The second-order valence-electron chi connectivity index (χ2n) is 10.4.